The van der Waals surface area contributed by atoms with Gasteiger partial charge in [-0.2, -0.15) is 4.39 Å². The zero-order valence-electron chi connectivity index (χ0n) is 36.6. The molecule has 0 aliphatic carbocycles. The number of rotatable bonds is 8. The highest BCUT2D eigenvalue weighted by Crippen LogP contribution is 2.53. The first-order valence-corrected chi connectivity index (χ1v) is 21.3. The molecular weight excluding hydrogens is 840 g/mol. The quantitative estimate of drug-likeness (QED) is 0.0554. The molecule has 1 atom stereocenters. The lowest BCUT2D eigenvalue weighted by atomic mass is 9.78. The number of hydrogen-bond donors (Lipinski definition) is 1. The molecule has 0 saturated heterocycles. The number of ether oxygens (including phenoxy) is 2. The number of aliphatic hydroxyl groups is 1. The molecule has 5 aliphatic heterocycles. The van der Waals surface area contributed by atoms with E-state index >= 15 is 17.6 Å². The van der Waals surface area contributed by atoms with E-state index in [1.54, 1.807) is 12.1 Å². The van der Waals surface area contributed by atoms with E-state index in [0.29, 0.717) is 30.4 Å². The first-order chi connectivity index (χ1) is 30.2. The van der Waals surface area contributed by atoms with Gasteiger partial charge in [0.1, 0.15) is 18.0 Å². The Morgan fingerprint density at radius 3 is 2.30 bits per heavy atom. The summed E-state index contributed by atoms with van der Waals surface area (Å²) in [6.45, 7) is 16.6. The molecule has 0 radical (unpaired) electrons. The van der Waals surface area contributed by atoms with Crippen molar-refractivity contribution in [1.82, 2.24) is 9.48 Å². The normalized spacial score (nSPS) is 17.9. The van der Waals surface area contributed by atoms with Crippen molar-refractivity contribution in [3.8, 4) is 17.2 Å². The number of carbonyl (C=O) groups excluding carboxylic acids is 1. The third-order valence-electron chi connectivity index (χ3n) is 13.4. The van der Waals surface area contributed by atoms with Crippen LogP contribution in [0.2, 0.25) is 0 Å². The SMILES string of the molecule is C=Cc1cc(F)c(F)c(OC(O)CCN(C)C(=O)c2c(F)c(F)c(F)c(F)c2C2=c3cc4c5c(c3Oc3c2cc2c6c3CCCN6C(C)(C)C=C2C)CCC[N+]=5C(C)(C)C=C4C)c1F. The summed E-state index contributed by atoms with van der Waals surface area (Å²) in [7, 11) is 1.14. The fourth-order valence-electron chi connectivity index (χ4n) is 10.5. The summed E-state index contributed by atoms with van der Waals surface area (Å²) in [5, 5.41) is 11.9. The number of halogens is 7. The van der Waals surface area contributed by atoms with Gasteiger partial charge in [0.2, 0.25) is 11.2 Å². The molecule has 0 saturated carbocycles. The molecule has 4 aromatic carbocycles. The highest BCUT2D eigenvalue weighted by molar-refractivity contribution is 6.03. The van der Waals surface area contributed by atoms with Gasteiger partial charge in [0.25, 0.3) is 5.91 Å². The Morgan fingerprint density at radius 1 is 0.891 bits per heavy atom. The zero-order valence-corrected chi connectivity index (χ0v) is 36.6. The Hall–Kier alpha value is -5.89. The van der Waals surface area contributed by atoms with Crippen LogP contribution in [-0.4, -0.2) is 60.0 Å². The fraction of sp³-hybridized carbons (Fsp3) is 0.360. The highest BCUT2D eigenvalue weighted by atomic mass is 19.2. The van der Waals surface area contributed by atoms with Gasteiger partial charge in [-0.25, -0.2) is 30.9 Å². The van der Waals surface area contributed by atoms with Crippen molar-refractivity contribution in [2.24, 2.45) is 0 Å². The first kappa shape index (κ1) is 43.4. The van der Waals surface area contributed by atoms with Crippen LogP contribution in [0.4, 0.5) is 36.4 Å². The third-order valence-corrected chi connectivity index (χ3v) is 13.4. The molecule has 5 aliphatic rings. The average Bonchev–Trinajstić information content (AvgIpc) is 3.25. The van der Waals surface area contributed by atoms with E-state index < -0.39 is 88.3 Å². The van der Waals surface area contributed by atoms with Crippen molar-refractivity contribution in [2.75, 3.05) is 31.6 Å². The van der Waals surface area contributed by atoms with Crippen LogP contribution in [0.1, 0.15) is 110 Å². The van der Waals surface area contributed by atoms with E-state index in [1.165, 1.54) is 0 Å². The van der Waals surface area contributed by atoms with Crippen LogP contribution in [0, 0.1) is 40.7 Å². The lowest BCUT2D eigenvalue weighted by molar-refractivity contribution is -0.0319. The van der Waals surface area contributed by atoms with Gasteiger partial charge in [-0.3, -0.25) is 4.79 Å². The molecule has 9 rings (SSSR count). The molecule has 0 aromatic heterocycles. The number of aliphatic hydroxyl groups excluding tert-OH is 1. The first-order valence-electron chi connectivity index (χ1n) is 21.3. The van der Waals surface area contributed by atoms with E-state index in [9.17, 15) is 23.1 Å². The van der Waals surface area contributed by atoms with Crippen LogP contribution in [0.5, 0.6) is 17.2 Å². The summed E-state index contributed by atoms with van der Waals surface area (Å²) in [6, 6.07) is 4.14. The van der Waals surface area contributed by atoms with E-state index in [1.807, 2.05) is 13.8 Å². The van der Waals surface area contributed by atoms with Crippen LogP contribution >= 0.6 is 0 Å². The topological polar surface area (TPSA) is 65.2 Å². The molecule has 1 N–H and O–H groups in total. The van der Waals surface area contributed by atoms with Gasteiger partial charge in [0.05, 0.1) is 22.4 Å². The van der Waals surface area contributed by atoms with Gasteiger partial charge in [-0.1, -0.05) is 18.7 Å². The summed E-state index contributed by atoms with van der Waals surface area (Å²) in [4.78, 5) is 17.7. The predicted molar refractivity (Wildman–Crippen MR) is 230 cm³/mol. The number of allylic oxidation sites excluding steroid dienone is 2. The molecule has 5 heterocycles. The Kier molecular flexibility index (Phi) is 10.2. The maximum atomic E-state index is 17.1. The molecule has 7 nitrogen and oxygen atoms in total. The third kappa shape index (κ3) is 6.41. The van der Waals surface area contributed by atoms with Crippen LogP contribution < -0.4 is 29.5 Å². The Bertz CT molecular complexity index is 2990. The zero-order chi connectivity index (χ0) is 46.1. The van der Waals surface area contributed by atoms with Crippen LogP contribution in [0.25, 0.3) is 22.8 Å². The van der Waals surface area contributed by atoms with Crippen molar-refractivity contribution in [3.63, 3.8) is 0 Å². The summed E-state index contributed by atoms with van der Waals surface area (Å²) >= 11 is 0. The summed E-state index contributed by atoms with van der Waals surface area (Å²) in [6.07, 6.45) is 5.09. The molecule has 4 aromatic rings. The van der Waals surface area contributed by atoms with E-state index in [4.69, 9.17) is 9.47 Å². The Balaban J connectivity index is 1.27. The van der Waals surface area contributed by atoms with Gasteiger partial charge >= 0.3 is 0 Å². The maximum Gasteiger partial charge on any atom is 0.257 e. The molecule has 1 unspecified atom stereocenters. The monoisotopic (exact) mass is 886 g/mol. The van der Waals surface area contributed by atoms with Gasteiger partial charge in [-0.15, -0.1) is 0 Å². The summed E-state index contributed by atoms with van der Waals surface area (Å²) in [5.41, 5.74) is 2.96. The lowest BCUT2D eigenvalue weighted by Gasteiger charge is -2.47. The van der Waals surface area contributed by atoms with Crippen molar-refractivity contribution < 1.29 is 50.1 Å². The molecular formula is C50H47F7N3O4+. The smallest absolute Gasteiger partial charge is 0.257 e. The largest absolute Gasteiger partial charge is 0.459 e. The number of anilines is 1. The second-order valence-electron chi connectivity index (χ2n) is 18.4. The van der Waals surface area contributed by atoms with Gasteiger partial charge in [0.15, 0.2) is 52.5 Å². The second-order valence-corrected chi connectivity index (χ2v) is 18.4. The maximum absolute atomic E-state index is 17.1. The number of amides is 1. The van der Waals surface area contributed by atoms with Gasteiger partial charge in [0, 0.05) is 91.0 Å². The van der Waals surface area contributed by atoms with Crippen LogP contribution in [0.3, 0.4) is 0 Å². The van der Waals surface area contributed by atoms with Crippen molar-refractivity contribution >= 4 is 34.4 Å². The minimum absolute atomic E-state index is 0.0654. The van der Waals surface area contributed by atoms with Crippen molar-refractivity contribution in [2.45, 2.75) is 91.0 Å². The summed E-state index contributed by atoms with van der Waals surface area (Å²) in [5.74, 6) is -14.5. The number of nitrogens with zero attached hydrogens (tertiary/aromatic N) is 3. The van der Waals surface area contributed by atoms with E-state index in [2.05, 4.69) is 55.9 Å². The highest BCUT2D eigenvalue weighted by Gasteiger charge is 2.44. The Labute approximate surface area is 365 Å². The second kappa shape index (κ2) is 15.1. The van der Waals surface area contributed by atoms with Gasteiger partial charge < -0.3 is 24.4 Å². The molecule has 0 spiro atoms. The van der Waals surface area contributed by atoms with E-state index in [0.717, 1.165) is 88.4 Å². The Morgan fingerprint density at radius 2 is 1.58 bits per heavy atom. The average molecular weight is 887 g/mol. The molecule has 14 heteroatoms. The molecule has 334 valence electrons. The summed E-state index contributed by atoms with van der Waals surface area (Å²) < 4.78 is 123. The lowest BCUT2D eigenvalue weighted by Crippen LogP contribution is -2.53. The van der Waals surface area contributed by atoms with Crippen LogP contribution in [0.15, 0.2) is 36.9 Å². The molecule has 1 amide bonds. The number of benzene rings is 4. The molecule has 0 bridgehead atoms. The minimum Gasteiger partial charge on any atom is -0.459 e. The number of hydrogen-bond acceptors (Lipinski definition) is 5. The number of carbonyl (C=O) groups is 1. The molecule has 64 heavy (non-hydrogen) atoms. The standard InChI is InChI=1S/C50H47F7N3O4/c1-9-25-18-32(51)38(53)47(37(25)52)63-33(61)14-17-58(8)48(62)36-35(39(54)41(56)42(57)40(36)55)34-30-19-28-23(2)21-49(4,5)59-15-10-12-26(43(28)59)45(30)64-46-27-13-11-16-60-44(27)29(20-31(34)46)24(3)22-50(60,6)7/h9,18-22,33,61H,1,10-17H2,2-8H3/q+1. The predicted octanol–water partition coefficient (Wildman–Crippen LogP) is 9.10. The van der Waals surface area contributed by atoms with Crippen molar-refractivity contribution in [3.05, 3.63) is 133 Å². The van der Waals surface area contributed by atoms with Crippen LogP contribution in [-0.2, 0) is 12.8 Å². The number of fused-ring (bicyclic) bond motifs is 4. The molecule has 0 fully saturated rings. The van der Waals surface area contributed by atoms with E-state index in [-0.39, 0.29) is 27.4 Å². The van der Waals surface area contributed by atoms with Gasteiger partial charge in [-0.05, 0) is 82.4 Å². The fourth-order valence-corrected chi connectivity index (χ4v) is 10.5. The minimum atomic E-state index is -2.21. The van der Waals surface area contributed by atoms with Crippen molar-refractivity contribution in [1.29, 1.82) is 0 Å².